The van der Waals surface area contributed by atoms with E-state index in [1.54, 1.807) is 20.9 Å². The topological polar surface area (TPSA) is 151 Å². The molecule has 1 amide bonds. The van der Waals surface area contributed by atoms with E-state index in [2.05, 4.69) is 9.71 Å². The molecule has 4 rings (SSSR count). The van der Waals surface area contributed by atoms with Crippen molar-refractivity contribution in [3.05, 3.63) is 66.4 Å². The minimum absolute atomic E-state index is 0.0347. The second-order valence-corrected chi connectivity index (χ2v) is 13.7. The van der Waals surface area contributed by atoms with Gasteiger partial charge in [0.05, 0.1) is 36.0 Å². The second-order valence-electron chi connectivity index (χ2n) is 10.1. The van der Waals surface area contributed by atoms with Gasteiger partial charge in [-0.3, -0.25) is 9.52 Å². The summed E-state index contributed by atoms with van der Waals surface area (Å²) in [5.41, 5.74) is 0.122. The molecule has 0 fully saturated rings. The monoisotopic (exact) mass is 609 g/mol. The summed E-state index contributed by atoms with van der Waals surface area (Å²) in [6.45, 7) is 3.15. The van der Waals surface area contributed by atoms with Crippen LogP contribution in [0, 0.1) is 11.7 Å². The van der Waals surface area contributed by atoms with Gasteiger partial charge in [0.2, 0.25) is 10.0 Å². The van der Waals surface area contributed by atoms with E-state index in [0.717, 1.165) is 16.4 Å². The fourth-order valence-electron chi connectivity index (χ4n) is 4.38. The lowest BCUT2D eigenvalue weighted by molar-refractivity contribution is 0.0387. The lowest BCUT2D eigenvalue weighted by Crippen LogP contribution is -2.50. The number of anilines is 1. The van der Waals surface area contributed by atoms with Crippen molar-refractivity contribution in [3.63, 3.8) is 0 Å². The zero-order chi connectivity index (χ0) is 30.1. The van der Waals surface area contributed by atoms with Crippen molar-refractivity contribution in [2.45, 2.75) is 35.9 Å². The van der Waals surface area contributed by atoms with Gasteiger partial charge in [-0.2, -0.15) is 12.7 Å². The van der Waals surface area contributed by atoms with Gasteiger partial charge in [-0.1, -0.05) is 6.92 Å². The molecule has 12 nitrogen and oxygen atoms in total. The molecule has 222 valence electrons. The maximum Gasteiger partial charge on any atom is 0.280 e. The van der Waals surface area contributed by atoms with Gasteiger partial charge in [-0.15, -0.1) is 0 Å². The van der Waals surface area contributed by atoms with Crippen LogP contribution in [-0.2, 0) is 27.1 Å². The number of sulfonamides is 2. The molecule has 15 heteroatoms. The van der Waals surface area contributed by atoms with Crippen LogP contribution in [0.4, 0.5) is 10.1 Å². The number of aliphatic hydroxyl groups is 1. The molecule has 2 aromatic carbocycles. The number of carbonyl (C=O) groups is 1. The van der Waals surface area contributed by atoms with Crippen molar-refractivity contribution in [1.29, 1.82) is 0 Å². The lowest BCUT2D eigenvalue weighted by Gasteiger charge is -2.38. The number of halogens is 1. The number of imidazole rings is 1. The maximum absolute atomic E-state index is 13.6. The first-order valence-corrected chi connectivity index (χ1v) is 15.6. The van der Waals surface area contributed by atoms with Crippen LogP contribution in [0.3, 0.4) is 0 Å². The van der Waals surface area contributed by atoms with Crippen LogP contribution in [0.25, 0.3) is 0 Å². The predicted molar refractivity (Wildman–Crippen MR) is 148 cm³/mol. The number of amides is 1. The van der Waals surface area contributed by atoms with Crippen LogP contribution in [-0.4, -0.2) is 85.5 Å². The summed E-state index contributed by atoms with van der Waals surface area (Å²) in [4.78, 5) is 18.9. The molecule has 2 heterocycles. The molecule has 1 aromatic heterocycles. The molecule has 0 bridgehead atoms. The minimum Gasteiger partial charge on any atom is -0.488 e. The molecule has 0 radical (unpaired) electrons. The van der Waals surface area contributed by atoms with Gasteiger partial charge in [-0.25, -0.2) is 17.8 Å². The molecule has 0 unspecified atom stereocenters. The summed E-state index contributed by atoms with van der Waals surface area (Å²) in [5, 5.41) is 9.66. The second kappa shape index (κ2) is 11.8. The summed E-state index contributed by atoms with van der Waals surface area (Å²) in [5.74, 6) is -1.31. The maximum atomic E-state index is 13.6. The highest BCUT2D eigenvalue weighted by Gasteiger charge is 2.35. The number of fused-ring (bicyclic) bond motifs is 1. The van der Waals surface area contributed by atoms with Crippen molar-refractivity contribution in [1.82, 2.24) is 18.8 Å². The number of aryl methyl sites for hydroxylation is 1. The number of aromatic nitrogens is 2. The summed E-state index contributed by atoms with van der Waals surface area (Å²) in [7, 11) is -5.04. The number of hydrogen-bond acceptors (Lipinski definition) is 8. The molecule has 0 spiro atoms. The third-order valence-corrected chi connectivity index (χ3v) is 9.94. The molecular formula is C26H32FN5O7S2. The number of hydrogen-bond donors (Lipinski definition) is 2. The van der Waals surface area contributed by atoms with Crippen LogP contribution >= 0.6 is 0 Å². The highest BCUT2D eigenvalue weighted by molar-refractivity contribution is 7.92. The third-order valence-electron chi connectivity index (χ3n) is 6.83. The zero-order valence-electron chi connectivity index (χ0n) is 22.9. The van der Waals surface area contributed by atoms with Crippen molar-refractivity contribution < 1.29 is 35.9 Å². The lowest BCUT2D eigenvalue weighted by atomic mass is 9.99. The van der Waals surface area contributed by atoms with Gasteiger partial charge in [-0.05, 0) is 49.4 Å². The molecule has 1 aliphatic heterocycles. The first kappa shape index (κ1) is 30.4. The van der Waals surface area contributed by atoms with Crippen molar-refractivity contribution in [2.24, 2.45) is 13.0 Å². The van der Waals surface area contributed by atoms with Crippen molar-refractivity contribution >= 4 is 31.6 Å². The third kappa shape index (κ3) is 6.53. The van der Waals surface area contributed by atoms with Crippen LogP contribution < -0.4 is 9.46 Å². The number of ether oxygens (including phenoxy) is 1. The molecule has 3 aromatic rings. The normalized spacial score (nSPS) is 18.8. The Balaban J connectivity index is 1.68. The Morgan fingerprint density at radius 3 is 2.49 bits per heavy atom. The predicted octanol–water partition coefficient (Wildman–Crippen LogP) is 1.90. The van der Waals surface area contributed by atoms with Gasteiger partial charge in [0, 0.05) is 38.4 Å². The molecule has 1 aliphatic rings. The summed E-state index contributed by atoms with van der Waals surface area (Å²) < 4.78 is 76.6. The average molecular weight is 610 g/mol. The van der Waals surface area contributed by atoms with Crippen molar-refractivity contribution in [3.8, 4) is 5.75 Å². The number of nitrogens with zero attached hydrogens (tertiary/aromatic N) is 4. The van der Waals surface area contributed by atoms with Gasteiger partial charge < -0.3 is 19.3 Å². The Hall–Kier alpha value is -3.53. The fourth-order valence-corrected chi connectivity index (χ4v) is 6.59. The first-order valence-electron chi connectivity index (χ1n) is 12.7. The number of likely N-dealkylation sites (N-methyl/N-ethyl adjacent to an activating group) is 1. The van der Waals surface area contributed by atoms with Crippen LogP contribution in [0.5, 0.6) is 5.75 Å². The van der Waals surface area contributed by atoms with Crippen molar-refractivity contribution in [2.75, 3.05) is 31.5 Å². The number of aliphatic hydroxyl groups excluding tert-OH is 1. The molecular weight excluding hydrogens is 577 g/mol. The minimum atomic E-state index is -4.05. The summed E-state index contributed by atoms with van der Waals surface area (Å²) >= 11 is 0. The first-order chi connectivity index (χ1) is 19.2. The molecule has 2 N–H and O–H groups in total. The number of benzene rings is 2. The van der Waals surface area contributed by atoms with E-state index in [9.17, 15) is 31.1 Å². The van der Waals surface area contributed by atoms with Crippen LogP contribution in [0.1, 0.15) is 24.2 Å². The van der Waals surface area contributed by atoms with E-state index in [1.807, 2.05) is 0 Å². The van der Waals surface area contributed by atoms with E-state index in [-0.39, 0.29) is 52.5 Å². The van der Waals surface area contributed by atoms with Gasteiger partial charge >= 0.3 is 0 Å². The summed E-state index contributed by atoms with van der Waals surface area (Å²) in [6, 6.07) is 8.08. The van der Waals surface area contributed by atoms with Crippen LogP contribution in [0.15, 0.2) is 64.9 Å². The van der Waals surface area contributed by atoms with Gasteiger partial charge in [0.25, 0.3) is 15.9 Å². The van der Waals surface area contributed by atoms with E-state index in [1.165, 1.54) is 59.4 Å². The Morgan fingerprint density at radius 2 is 1.88 bits per heavy atom. The fraction of sp³-hybridized carbons (Fsp3) is 0.385. The van der Waals surface area contributed by atoms with Gasteiger partial charge in [0.15, 0.2) is 5.03 Å². The number of nitrogens with one attached hydrogen (secondary N) is 1. The zero-order valence-corrected chi connectivity index (χ0v) is 24.6. The summed E-state index contributed by atoms with van der Waals surface area (Å²) in [6.07, 6.45) is 1.93. The smallest absolute Gasteiger partial charge is 0.280 e. The quantitative estimate of drug-likeness (QED) is 0.373. The van der Waals surface area contributed by atoms with Crippen LogP contribution in [0.2, 0.25) is 0 Å². The molecule has 41 heavy (non-hydrogen) atoms. The van der Waals surface area contributed by atoms with Gasteiger partial charge in [0.1, 0.15) is 17.7 Å². The standard InChI is InChI=1S/C26H32FN5O7S2/c1-17-12-32(18(2)15-33)26(34)22-11-20(29-40(35,36)25-14-30(3)16-28-25)7-10-23(22)39-24(17)13-31(4)41(37,38)21-8-5-19(27)6-9-21/h5-11,14,16-18,24,29,33H,12-13,15H2,1-4H3/t17-,18-,24-/m1/s1. The SMILES string of the molecule is C[C@@H]1CN([C@H](C)CO)C(=O)c2cc(NS(=O)(=O)c3cn(C)cn3)ccc2O[C@@H]1CN(C)S(=O)(=O)c1ccc(F)cc1. The molecule has 0 aliphatic carbocycles. The molecule has 0 saturated carbocycles. The van der Waals surface area contributed by atoms with E-state index < -0.39 is 43.9 Å². The average Bonchev–Trinajstić information content (AvgIpc) is 3.38. The van der Waals surface area contributed by atoms with E-state index in [0.29, 0.717) is 0 Å². The Kier molecular flexibility index (Phi) is 8.73. The van der Waals surface area contributed by atoms with E-state index >= 15 is 0 Å². The number of rotatable bonds is 9. The molecule has 0 saturated heterocycles. The Bertz CT molecular complexity index is 1630. The Labute approximate surface area is 238 Å². The van der Waals surface area contributed by atoms with E-state index in [4.69, 9.17) is 4.74 Å². The highest BCUT2D eigenvalue weighted by atomic mass is 32.2. The Morgan fingerprint density at radius 1 is 1.20 bits per heavy atom. The number of carbonyl (C=O) groups excluding carboxylic acids is 1. The largest absolute Gasteiger partial charge is 0.488 e. The highest BCUT2D eigenvalue weighted by Crippen LogP contribution is 2.32. The molecule has 3 atom stereocenters.